The molecule has 2 aromatic carbocycles. The van der Waals surface area contributed by atoms with Crippen LogP contribution in [0, 0.1) is 17.3 Å². The maximum absolute atomic E-state index is 13.8. The van der Waals surface area contributed by atoms with Crippen molar-refractivity contribution in [2.45, 2.75) is 44.9 Å². The lowest BCUT2D eigenvalue weighted by molar-refractivity contribution is 0.0181. The summed E-state index contributed by atoms with van der Waals surface area (Å²) in [6.45, 7) is 0. The molecule has 134 valence electrons. The standard InChI is InChI=1S/C24H26O2/c25-22(19-11-3-1-4-12-19)24(23(26)20-13-5-2-6-14-20)17-9-15-18-10-7-8-16-21(18)24/h1-6,11-14,18,21H,7-10,15-17H2. The first kappa shape index (κ1) is 17.2. The molecular formula is C24H26O2. The maximum atomic E-state index is 13.8. The van der Waals surface area contributed by atoms with Crippen LogP contribution in [0.2, 0.25) is 0 Å². The van der Waals surface area contributed by atoms with Gasteiger partial charge in [-0.2, -0.15) is 0 Å². The minimum atomic E-state index is -0.883. The van der Waals surface area contributed by atoms with Gasteiger partial charge >= 0.3 is 0 Å². The average molecular weight is 346 g/mol. The molecule has 2 fully saturated rings. The fourth-order valence-corrected chi connectivity index (χ4v) is 5.39. The molecule has 0 N–H and O–H groups in total. The molecule has 2 aromatic rings. The molecule has 2 aliphatic rings. The Kier molecular flexibility index (Phi) is 4.76. The van der Waals surface area contributed by atoms with Gasteiger partial charge in [0, 0.05) is 11.1 Å². The smallest absolute Gasteiger partial charge is 0.177 e. The van der Waals surface area contributed by atoms with Gasteiger partial charge in [-0.1, -0.05) is 92.8 Å². The van der Waals surface area contributed by atoms with Crippen LogP contribution in [-0.4, -0.2) is 11.6 Å². The lowest BCUT2D eigenvalue weighted by Crippen LogP contribution is -2.51. The minimum absolute atomic E-state index is 0.0450. The third-order valence-electron chi connectivity index (χ3n) is 6.57. The molecule has 0 amide bonds. The van der Waals surface area contributed by atoms with Crippen molar-refractivity contribution in [2.75, 3.05) is 0 Å². The van der Waals surface area contributed by atoms with Crippen LogP contribution in [0.25, 0.3) is 0 Å². The van der Waals surface area contributed by atoms with Gasteiger partial charge in [-0.05, 0) is 24.7 Å². The quantitative estimate of drug-likeness (QED) is 0.523. The van der Waals surface area contributed by atoms with Gasteiger partial charge in [-0.15, -0.1) is 0 Å². The van der Waals surface area contributed by atoms with Gasteiger partial charge in [0.2, 0.25) is 0 Å². The van der Waals surface area contributed by atoms with Gasteiger partial charge in [0.05, 0.1) is 5.41 Å². The zero-order valence-corrected chi connectivity index (χ0v) is 15.2. The molecule has 0 aromatic heterocycles. The van der Waals surface area contributed by atoms with E-state index in [0.717, 1.165) is 32.1 Å². The van der Waals surface area contributed by atoms with Gasteiger partial charge < -0.3 is 0 Å². The van der Waals surface area contributed by atoms with E-state index in [1.165, 1.54) is 6.42 Å². The molecule has 2 saturated carbocycles. The summed E-state index contributed by atoms with van der Waals surface area (Å²) in [7, 11) is 0. The summed E-state index contributed by atoms with van der Waals surface area (Å²) in [6, 6.07) is 18.9. The normalized spacial score (nSPS) is 24.5. The predicted octanol–water partition coefficient (Wildman–Crippen LogP) is 5.73. The molecular weight excluding hydrogens is 320 g/mol. The topological polar surface area (TPSA) is 34.1 Å². The molecule has 0 spiro atoms. The third-order valence-corrected chi connectivity index (χ3v) is 6.57. The molecule has 0 saturated heterocycles. The molecule has 0 bridgehead atoms. The van der Waals surface area contributed by atoms with Gasteiger partial charge in [-0.3, -0.25) is 9.59 Å². The summed E-state index contributed by atoms with van der Waals surface area (Å²) in [5.74, 6) is 0.787. The first-order valence-corrected chi connectivity index (χ1v) is 9.93. The Balaban J connectivity index is 1.83. The second-order valence-corrected chi connectivity index (χ2v) is 7.90. The molecule has 2 unspecified atom stereocenters. The van der Waals surface area contributed by atoms with E-state index in [9.17, 15) is 9.59 Å². The van der Waals surface area contributed by atoms with Crippen molar-refractivity contribution >= 4 is 11.6 Å². The van der Waals surface area contributed by atoms with Gasteiger partial charge in [-0.25, -0.2) is 0 Å². The molecule has 0 radical (unpaired) electrons. The van der Waals surface area contributed by atoms with Crippen LogP contribution >= 0.6 is 0 Å². The molecule has 0 heterocycles. The fraction of sp³-hybridized carbons (Fsp3) is 0.417. The van der Waals surface area contributed by atoms with E-state index in [1.807, 2.05) is 60.7 Å². The third kappa shape index (κ3) is 2.82. The Bertz CT molecular complexity index is 725. The highest BCUT2D eigenvalue weighted by Crippen LogP contribution is 2.53. The lowest BCUT2D eigenvalue weighted by Gasteiger charge is -2.48. The Labute approximate surface area is 155 Å². The molecule has 2 heteroatoms. The molecule has 4 rings (SSSR count). The largest absolute Gasteiger partial charge is 0.293 e. The van der Waals surface area contributed by atoms with Crippen molar-refractivity contribution in [3.63, 3.8) is 0 Å². The van der Waals surface area contributed by atoms with Gasteiger partial charge in [0.1, 0.15) is 0 Å². The number of carbonyl (C=O) groups is 2. The first-order valence-electron chi connectivity index (χ1n) is 9.93. The van der Waals surface area contributed by atoms with Gasteiger partial charge in [0.25, 0.3) is 0 Å². The molecule has 2 aliphatic carbocycles. The maximum Gasteiger partial charge on any atom is 0.177 e. The summed E-state index contributed by atoms with van der Waals surface area (Å²) < 4.78 is 0. The summed E-state index contributed by atoms with van der Waals surface area (Å²) in [5.41, 5.74) is 0.484. The van der Waals surface area contributed by atoms with E-state index in [4.69, 9.17) is 0 Å². The summed E-state index contributed by atoms with van der Waals surface area (Å²) >= 11 is 0. The summed E-state index contributed by atoms with van der Waals surface area (Å²) in [6.07, 6.45) is 7.35. The van der Waals surface area contributed by atoms with Crippen LogP contribution in [0.4, 0.5) is 0 Å². The van der Waals surface area contributed by atoms with E-state index in [1.54, 1.807) is 0 Å². The predicted molar refractivity (Wildman–Crippen MR) is 103 cm³/mol. The minimum Gasteiger partial charge on any atom is -0.293 e. The number of ketones is 2. The molecule has 2 atom stereocenters. The highest BCUT2D eigenvalue weighted by Gasteiger charge is 2.55. The van der Waals surface area contributed by atoms with Crippen molar-refractivity contribution in [3.05, 3.63) is 71.8 Å². The Morgan fingerprint density at radius 2 is 1.19 bits per heavy atom. The summed E-state index contributed by atoms with van der Waals surface area (Å²) in [4.78, 5) is 27.5. The number of carbonyl (C=O) groups excluding carboxylic acids is 2. The van der Waals surface area contributed by atoms with E-state index in [2.05, 4.69) is 0 Å². The van der Waals surface area contributed by atoms with Crippen molar-refractivity contribution in [3.8, 4) is 0 Å². The van der Waals surface area contributed by atoms with E-state index < -0.39 is 5.41 Å². The highest BCUT2D eigenvalue weighted by atomic mass is 16.2. The van der Waals surface area contributed by atoms with Crippen LogP contribution in [-0.2, 0) is 0 Å². The first-order chi connectivity index (χ1) is 12.7. The number of hydrogen-bond acceptors (Lipinski definition) is 2. The SMILES string of the molecule is O=C(c1ccccc1)C1(C(=O)c2ccccc2)CCCC2CCCCC21. The molecule has 0 aliphatic heterocycles. The van der Waals surface area contributed by atoms with Crippen molar-refractivity contribution in [2.24, 2.45) is 17.3 Å². The number of fused-ring (bicyclic) bond motifs is 1. The summed E-state index contributed by atoms with van der Waals surface area (Å²) in [5, 5.41) is 0. The number of hydrogen-bond donors (Lipinski definition) is 0. The van der Waals surface area contributed by atoms with Gasteiger partial charge in [0.15, 0.2) is 11.6 Å². The van der Waals surface area contributed by atoms with Crippen LogP contribution in [0.3, 0.4) is 0 Å². The second kappa shape index (κ2) is 7.19. The number of rotatable bonds is 4. The van der Waals surface area contributed by atoms with E-state index >= 15 is 0 Å². The fourth-order valence-electron chi connectivity index (χ4n) is 5.39. The van der Waals surface area contributed by atoms with Crippen molar-refractivity contribution in [1.82, 2.24) is 0 Å². The lowest BCUT2D eigenvalue weighted by atomic mass is 9.53. The Hall–Kier alpha value is -2.22. The zero-order chi connectivity index (χ0) is 18.0. The van der Waals surface area contributed by atoms with Crippen molar-refractivity contribution in [1.29, 1.82) is 0 Å². The van der Waals surface area contributed by atoms with Crippen LogP contribution in [0.1, 0.15) is 65.7 Å². The second-order valence-electron chi connectivity index (χ2n) is 7.90. The zero-order valence-electron chi connectivity index (χ0n) is 15.2. The van der Waals surface area contributed by atoms with Crippen LogP contribution in [0.15, 0.2) is 60.7 Å². The molecule has 2 nitrogen and oxygen atoms in total. The highest BCUT2D eigenvalue weighted by molar-refractivity contribution is 6.20. The monoisotopic (exact) mass is 346 g/mol. The number of benzene rings is 2. The Morgan fingerprint density at radius 1 is 0.692 bits per heavy atom. The van der Waals surface area contributed by atoms with Crippen LogP contribution in [0.5, 0.6) is 0 Å². The van der Waals surface area contributed by atoms with E-state index in [0.29, 0.717) is 23.5 Å². The Morgan fingerprint density at radius 3 is 1.77 bits per heavy atom. The number of Topliss-reactive ketones (excluding diaryl/α,β-unsaturated/α-hetero) is 2. The van der Waals surface area contributed by atoms with Crippen molar-refractivity contribution < 1.29 is 9.59 Å². The molecule has 26 heavy (non-hydrogen) atoms. The van der Waals surface area contributed by atoms with E-state index in [-0.39, 0.29) is 17.5 Å². The van der Waals surface area contributed by atoms with Crippen LogP contribution < -0.4 is 0 Å². The average Bonchev–Trinajstić information content (AvgIpc) is 2.73.